The second kappa shape index (κ2) is 4.71. The van der Waals surface area contributed by atoms with E-state index in [1.54, 1.807) is 19.1 Å². The van der Waals surface area contributed by atoms with Gasteiger partial charge in [-0.15, -0.1) is 11.3 Å². The Balaban J connectivity index is 2.86. The molecule has 1 atom stereocenters. The number of nitrogens with one attached hydrogen (secondary N) is 1. The Bertz CT molecular complexity index is 402. The molecular weight excluding hydrogens is 288 g/mol. The van der Waals surface area contributed by atoms with Gasteiger partial charge in [0.1, 0.15) is 4.21 Å². The van der Waals surface area contributed by atoms with Crippen LogP contribution in [0.2, 0.25) is 0 Å². The lowest BCUT2D eigenvalue weighted by Gasteiger charge is -2.09. The smallest absolute Gasteiger partial charge is 0.250 e. The Morgan fingerprint density at radius 1 is 1.64 bits per heavy atom. The molecule has 0 aliphatic heterocycles. The van der Waals surface area contributed by atoms with Gasteiger partial charge < -0.3 is 5.73 Å². The Morgan fingerprint density at radius 2 is 2.29 bits per heavy atom. The van der Waals surface area contributed by atoms with Crippen molar-refractivity contribution in [1.82, 2.24) is 4.72 Å². The third-order valence-corrected chi connectivity index (χ3v) is 5.23. The molecule has 1 aromatic heterocycles. The van der Waals surface area contributed by atoms with Crippen molar-refractivity contribution in [2.45, 2.75) is 17.2 Å². The van der Waals surface area contributed by atoms with Crippen molar-refractivity contribution in [2.24, 2.45) is 5.73 Å². The minimum atomic E-state index is -3.39. The van der Waals surface area contributed by atoms with Crippen LogP contribution < -0.4 is 10.5 Å². The first kappa shape index (κ1) is 12.1. The fourth-order valence-corrected chi connectivity index (χ4v) is 4.10. The highest BCUT2D eigenvalue weighted by atomic mass is 79.9. The Hall–Kier alpha value is 0.0500. The van der Waals surface area contributed by atoms with Crippen LogP contribution in [-0.2, 0) is 10.0 Å². The maximum absolute atomic E-state index is 11.6. The lowest BCUT2D eigenvalue weighted by atomic mass is 10.4. The van der Waals surface area contributed by atoms with Crippen molar-refractivity contribution in [3.63, 3.8) is 0 Å². The average Bonchev–Trinajstić information content (AvgIpc) is 2.51. The van der Waals surface area contributed by atoms with Crippen LogP contribution in [0.3, 0.4) is 0 Å². The van der Waals surface area contributed by atoms with E-state index in [-0.39, 0.29) is 12.6 Å². The van der Waals surface area contributed by atoms with Gasteiger partial charge in [0.05, 0.1) is 3.79 Å². The molecule has 0 unspecified atom stereocenters. The molecule has 0 radical (unpaired) electrons. The van der Waals surface area contributed by atoms with Gasteiger partial charge in [0.25, 0.3) is 0 Å². The summed E-state index contributed by atoms with van der Waals surface area (Å²) in [5.74, 6) is 0. The summed E-state index contributed by atoms with van der Waals surface area (Å²) in [4.78, 5) is 0. The van der Waals surface area contributed by atoms with Gasteiger partial charge in [-0.1, -0.05) is 0 Å². The maximum Gasteiger partial charge on any atom is 0.250 e. The Labute approximate surface area is 95.7 Å². The van der Waals surface area contributed by atoms with Crippen LogP contribution >= 0.6 is 27.3 Å². The fourth-order valence-electron chi connectivity index (χ4n) is 0.813. The minimum Gasteiger partial charge on any atom is -0.329 e. The first-order valence-corrected chi connectivity index (χ1v) is 7.02. The minimum absolute atomic E-state index is 0.249. The molecule has 0 amide bonds. The summed E-state index contributed by atoms with van der Waals surface area (Å²) in [6.07, 6.45) is 0. The number of nitrogens with two attached hydrogens (primary N) is 1. The van der Waals surface area contributed by atoms with Crippen molar-refractivity contribution in [3.8, 4) is 0 Å². The quantitative estimate of drug-likeness (QED) is 0.875. The van der Waals surface area contributed by atoms with Gasteiger partial charge in [-0.2, -0.15) is 0 Å². The molecule has 0 fully saturated rings. The molecule has 0 saturated carbocycles. The van der Waals surface area contributed by atoms with E-state index in [0.29, 0.717) is 4.21 Å². The second-order valence-electron chi connectivity index (χ2n) is 2.82. The van der Waals surface area contributed by atoms with Crippen molar-refractivity contribution in [3.05, 3.63) is 15.9 Å². The largest absolute Gasteiger partial charge is 0.329 e. The van der Waals surface area contributed by atoms with E-state index in [9.17, 15) is 8.42 Å². The fraction of sp³-hybridized carbons (Fsp3) is 0.429. The molecule has 0 saturated heterocycles. The van der Waals surface area contributed by atoms with E-state index in [2.05, 4.69) is 20.7 Å². The van der Waals surface area contributed by atoms with Gasteiger partial charge in [-0.25, -0.2) is 13.1 Å². The summed E-state index contributed by atoms with van der Waals surface area (Å²) in [7, 11) is -3.39. The number of sulfonamides is 1. The topological polar surface area (TPSA) is 72.2 Å². The average molecular weight is 299 g/mol. The van der Waals surface area contributed by atoms with E-state index in [1.165, 1.54) is 11.3 Å². The zero-order valence-electron chi connectivity index (χ0n) is 7.53. The number of hydrogen-bond donors (Lipinski definition) is 2. The number of hydrogen-bond acceptors (Lipinski definition) is 4. The van der Waals surface area contributed by atoms with Crippen LogP contribution in [0.5, 0.6) is 0 Å². The molecule has 1 rings (SSSR count). The van der Waals surface area contributed by atoms with E-state index in [0.717, 1.165) is 3.79 Å². The van der Waals surface area contributed by atoms with Crippen LogP contribution in [-0.4, -0.2) is 21.0 Å². The molecule has 3 N–H and O–H groups in total. The zero-order valence-corrected chi connectivity index (χ0v) is 10.7. The highest BCUT2D eigenvalue weighted by Gasteiger charge is 2.18. The predicted molar refractivity (Wildman–Crippen MR) is 60.9 cm³/mol. The number of halogens is 1. The van der Waals surface area contributed by atoms with Gasteiger partial charge in [0.15, 0.2) is 0 Å². The third kappa shape index (κ3) is 3.03. The van der Waals surface area contributed by atoms with E-state index < -0.39 is 10.0 Å². The molecule has 80 valence electrons. The van der Waals surface area contributed by atoms with Crippen molar-refractivity contribution in [2.75, 3.05) is 6.54 Å². The van der Waals surface area contributed by atoms with E-state index >= 15 is 0 Å². The van der Waals surface area contributed by atoms with Gasteiger partial charge in [0.2, 0.25) is 10.0 Å². The molecule has 0 spiro atoms. The lowest BCUT2D eigenvalue weighted by molar-refractivity contribution is 0.564. The summed E-state index contributed by atoms with van der Waals surface area (Å²) in [5.41, 5.74) is 5.33. The molecule has 4 nitrogen and oxygen atoms in total. The van der Waals surface area contributed by atoms with Gasteiger partial charge in [0, 0.05) is 12.6 Å². The lowest BCUT2D eigenvalue weighted by Crippen LogP contribution is -2.37. The standard InChI is InChI=1S/C7H11BrN2O2S2/c1-5(4-9)10-14(11,12)7-3-2-6(8)13-7/h2-3,5,10H,4,9H2,1H3/t5-/m0/s1. The first-order valence-electron chi connectivity index (χ1n) is 3.93. The van der Waals surface area contributed by atoms with Crippen LogP contribution in [0.15, 0.2) is 20.1 Å². The summed E-state index contributed by atoms with van der Waals surface area (Å²) < 4.78 is 26.8. The van der Waals surface area contributed by atoms with Crippen molar-refractivity contribution in [1.29, 1.82) is 0 Å². The molecule has 0 aromatic carbocycles. The number of rotatable bonds is 4. The zero-order chi connectivity index (χ0) is 10.8. The normalized spacial score (nSPS) is 14.2. The first-order chi connectivity index (χ1) is 6.45. The molecule has 7 heteroatoms. The molecule has 0 aliphatic rings. The second-order valence-corrected chi connectivity index (χ2v) is 7.22. The molecule has 14 heavy (non-hydrogen) atoms. The maximum atomic E-state index is 11.6. The van der Waals surface area contributed by atoms with Crippen molar-refractivity contribution < 1.29 is 8.42 Å². The summed E-state index contributed by atoms with van der Waals surface area (Å²) in [6, 6.07) is 3.01. The summed E-state index contributed by atoms with van der Waals surface area (Å²) in [6.45, 7) is 2.01. The highest BCUT2D eigenvalue weighted by molar-refractivity contribution is 9.11. The number of thiophene rings is 1. The van der Waals surface area contributed by atoms with E-state index in [1.807, 2.05) is 0 Å². The van der Waals surface area contributed by atoms with Crippen molar-refractivity contribution >= 4 is 37.3 Å². The molecular formula is C7H11BrN2O2S2. The molecule has 1 heterocycles. The van der Waals surface area contributed by atoms with Crippen LogP contribution in [0.25, 0.3) is 0 Å². The highest BCUT2D eigenvalue weighted by Crippen LogP contribution is 2.25. The monoisotopic (exact) mass is 298 g/mol. The molecule has 1 aromatic rings. The summed E-state index contributed by atoms with van der Waals surface area (Å²) in [5, 5.41) is 0. The molecule has 0 aliphatic carbocycles. The predicted octanol–water partition coefficient (Wildman–Crippen LogP) is 1.14. The van der Waals surface area contributed by atoms with Gasteiger partial charge in [-0.3, -0.25) is 0 Å². The molecule has 0 bridgehead atoms. The Kier molecular flexibility index (Phi) is 4.08. The van der Waals surface area contributed by atoms with Gasteiger partial charge in [-0.05, 0) is 35.0 Å². The van der Waals surface area contributed by atoms with Gasteiger partial charge >= 0.3 is 0 Å². The third-order valence-electron chi connectivity index (χ3n) is 1.52. The van der Waals surface area contributed by atoms with Crippen LogP contribution in [0.4, 0.5) is 0 Å². The van der Waals surface area contributed by atoms with Crippen LogP contribution in [0.1, 0.15) is 6.92 Å². The van der Waals surface area contributed by atoms with Crippen LogP contribution in [0, 0.1) is 0 Å². The van der Waals surface area contributed by atoms with E-state index in [4.69, 9.17) is 5.73 Å². The SMILES string of the molecule is C[C@@H](CN)NS(=O)(=O)c1ccc(Br)s1. The summed E-state index contributed by atoms with van der Waals surface area (Å²) >= 11 is 4.38. The Morgan fingerprint density at radius 3 is 2.71 bits per heavy atom.